The van der Waals surface area contributed by atoms with Crippen molar-refractivity contribution in [1.29, 1.82) is 0 Å². The minimum atomic E-state index is -0.299. The highest BCUT2D eigenvalue weighted by Crippen LogP contribution is 2.62. The van der Waals surface area contributed by atoms with Crippen LogP contribution in [-0.2, 0) is 10.8 Å². The van der Waals surface area contributed by atoms with Crippen LogP contribution < -0.4 is 14.5 Å². The molecule has 11 rings (SSSR count). The average molecular weight is 735 g/mol. The zero-order valence-electron chi connectivity index (χ0n) is 32.6. The molecule has 2 aliphatic heterocycles. The third kappa shape index (κ3) is 4.98. The molecule has 3 aliphatic rings. The number of benzene rings is 8. The first kappa shape index (κ1) is 33.5. The molecule has 0 fully saturated rings. The van der Waals surface area contributed by atoms with Crippen molar-refractivity contribution in [1.82, 2.24) is 0 Å². The van der Waals surface area contributed by atoms with E-state index in [1.807, 2.05) is 6.07 Å². The summed E-state index contributed by atoms with van der Waals surface area (Å²) in [6, 6.07) is 66.3. The van der Waals surface area contributed by atoms with Crippen molar-refractivity contribution in [3.05, 3.63) is 204 Å². The quantitative estimate of drug-likeness (QED) is 0.175. The molecule has 2 heterocycles. The Labute approximate surface area is 335 Å². The van der Waals surface area contributed by atoms with Gasteiger partial charge in [-0.1, -0.05) is 149 Å². The van der Waals surface area contributed by atoms with E-state index in [4.69, 9.17) is 4.74 Å². The van der Waals surface area contributed by atoms with Crippen molar-refractivity contribution in [3.63, 3.8) is 0 Å². The van der Waals surface area contributed by atoms with Gasteiger partial charge in [-0.15, -0.1) is 0 Å². The summed E-state index contributed by atoms with van der Waals surface area (Å²) in [6.07, 6.45) is 0. The first-order chi connectivity index (χ1) is 27.8. The largest absolute Gasteiger partial charge is 0.453 e. The van der Waals surface area contributed by atoms with Crippen molar-refractivity contribution in [2.45, 2.75) is 38.5 Å². The summed E-state index contributed by atoms with van der Waals surface area (Å²) in [7, 11) is 0. The third-order valence-electron chi connectivity index (χ3n) is 12.6. The van der Waals surface area contributed by atoms with Gasteiger partial charge >= 0.3 is 0 Å². The molecular formula is C54H42N2O. The van der Waals surface area contributed by atoms with E-state index in [1.165, 1.54) is 55.8 Å². The molecule has 0 aromatic heterocycles. The normalized spacial score (nSPS) is 14.7. The van der Waals surface area contributed by atoms with Gasteiger partial charge in [0.15, 0.2) is 11.5 Å². The molecule has 57 heavy (non-hydrogen) atoms. The monoisotopic (exact) mass is 734 g/mol. The van der Waals surface area contributed by atoms with Crippen LogP contribution in [0.1, 0.15) is 49.9 Å². The maximum absolute atomic E-state index is 6.67. The lowest BCUT2D eigenvalue weighted by molar-refractivity contribution is 0.471. The molecular weight excluding hydrogens is 693 g/mol. The highest BCUT2D eigenvalue weighted by molar-refractivity contribution is 5.97. The number of para-hydroxylation sites is 3. The SMILES string of the molecule is CC1(C)c2ccccc2-c2ccc(N(c3ccc(-c4ccccc4)cc3)c3cccc(-c4ccc5c6c4C(C)(C)c4ccccc4N6c4ccccc4O5)c3)cc21. The van der Waals surface area contributed by atoms with E-state index in [0.29, 0.717) is 0 Å². The number of hydrogen-bond donors (Lipinski definition) is 0. The second-order valence-corrected chi connectivity index (χ2v) is 16.6. The number of hydrogen-bond acceptors (Lipinski definition) is 3. The summed E-state index contributed by atoms with van der Waals surface area (Å²) in [5.41, 5.74) is 19.0. The van der Waals surface area contributed by atoms with E-state index in [-0.39, 0.29) is 10.8 Å². The van der Waals surface area contributed by atoms with Gasteiger partial charge in [-0.3, -0.25) is 0 Å². The zero-order chi connectivity index (χ0) is 38.5. The fraction of sp³-hybridized carbons (Fsp3) is 0.111. The number of anilines is 6. The van der Waals surface area contributed by atoms with Crippen molar-refractivity contribution in [3.8, 4) is 44.9 Å². The molecule has 274 valence electrons. The van der Waals surface area contributed by atoms with Gasteiger partial charge < -0.3 is 14.5 Å². The third-order valence-corrected chi connectivity index (χ3v) is 12.6. The molecule has 0 amide bonds. The maximum Gasteiger partial charge on any atom is 0.151 e. The summed E-state index contributed by atoms with van der Waals surface area (Å²) in [5, 5.41) is 0. The highest BCUT2D eigenvalue weighted by Gasteiger charge is 2.43. The molecule has 0 atom stereocenters. The molecule has 0 radical (unpaired) electrons. The van der Waals surface area contributed by atoms with E-state index in [0.717, 1.165) is 45.5 Å². The fourth-order valence-corrected chi connectivity index (χ4v) is 9.82. The van der Waals surface area contributed by atoms with E-state index in [2.05, 4.69) is 213 Å². The first-order valence-corrected chi connectivity index (χ1v) is 19.9. The topological polar surface area (TPSA) is 15.7 Å². The molecule has 8 aromatic rings. The first-order valence-electron chi connectivity index (χ1n) is 19.9. The summed E-state index contributed by atoms with van der Waals surface area (Å²) in [6.45, 7) is 9.43. The minimum absolute atomic E-state index is 0.118. The lowest BCUT2D eigenvalue weighted by Crippen LogP contribution is -2.33. The molecule has 0 unspecified atom stereocenters. The van der Waals surface area contributed by atoms with Crippen molar-refractivity contribution in [2.75, 3.05) is 9.80 Å². The van der Waals surface area contributed by atoms with Gasteiger partial charge in [-0.25, -0.2) is 0 Å². The minimum Gasteiger partial charge on any atom is -0.453 e. The predicted molar refractivity (Wildman–Crippen MR) is 236 cm³/mol. The van der Waals surface area contributed by atoms with Crippen LogP contribution in [0.2, 0.25) is 0 Å². The van der Waals surface area contributed by atoms with Crippen LogP contribution in [-0.4, -0.2) is 0 Å². The second-order valence-electron chi connectivity index (χ2n) is 16.6. The summed E-state index contributed by atoms with van der Waals surface area (Å²) in [4.78, 5) is 4.84. The zero-order valence-corrected chi connectivity index (χ0v) is 32.6. The molecule has 0 N–H and O–H groups in total. The lowest BCUT2D eigenvalue weighted by atomic mass is 9.70. The number of rotatable bonds is 5. The Morgan fingerprint density at radius 2 is 1.02 bits per heavy atom. The second kappa shape index (κ2) is 12.3. The molecule has 3 nitrogen and oxygen atoms in total. The van der Waals surface area contributed by atoms with Crippen molar-refractivity contribution >= 4 is 34.1 Å². The van der Waals surface area contributed by atoms with Crippen LogP contribution >= 0.6 is 0 Å². The molecule has 0 bridgehead atoms. The Kier molecular flexibility index (Phi) is 7.25. The standard InChI is InChI=1S/C54H42N2O/c1-53(2)44-20-9-8-19-42(44)43-30-29-40(34-46(43)53)55(38-27-25-36(26-28-38)35-15-6-5-7-16-35)39-18-14-17-37(33-39)41-31-32-50-52-51(41)54(3,4)45-21-10-11-22-47(45)56(52)48-23-12-13-24-49(48)57-50/h5-34H,1-4H3. The summed E-state index contributed by atoms with van der Waals surface area (Å²) < 4.78 is 6.67. The van der Waals surface area contributed by atoms with Crippen LogP contribution in [0.25, 0.3) is 33.4 Å². The smallest absolute Gasteiger partial charge is 0.151 e. The van der Waals surface area contributed by atoms with Crippen molar-refractivity contribution < 1.29 is 4.74 Å². The molecule has 3 heteroatoms. The summed E-state index contributed by atoms with van der Waals surface area (Å²) >= 11 is 0. The number of nitrogens with zero attached hydrogens (tertiary/aromatic N) is 2. The lowest BCUT2D eigenvalue weighted by Gasteiger charge is -2.45. The Balaban J connectivity index is 1.09. The van der Waals surface area contributed by atoms with Crippen LogP contribution in [0.3, 0.4) is 0 Å². The molecule has 0 saturated carbocycles. The Morgan fingerprint density at radius 3 is 1.84 bits per heavy atom. The van der Waals surface area contributed by atoms with Gasteiger partial charge in [-0.2, -0.15) is 0 Å². The Hall–Kier alpha value is -6.84. The molecule has 0 saturated heterocycles. The maximum atomic E-state index is 6.67. The van der Waals surface area contributed by atoms with E-state index in [1.54, 1.807) is 0 Å². The number of ether oxygens (including phenoxy) is 1. The van der Waals surface area contributed by atoms with E-state index >= 15 is 0 Å². The Morgan fingerprint density at radius 1 is 0.404 bits per heavy atom. The van der Waals surface area contributed by atoms with Crippen LogP contribution in [0.4, 0.5) is 34.1 Å². The van der Waals surface area contributed by atoms with Gasteiger partial charge in [0.1, 0.15) is 0 Å². The number of fused-ring (bicyclic) bond motifs is 7. The van der Waals surface area contributed by atoms with Gasteiger partial charge in [-0.05, 0) is 116 Å². The van der Waals surface area contributed by atoms with Gasteiger partial charge in [0, 0.05) is 27.9 Å². The molecule has 1 aliphatic carbocycles. The van der Waals surface area contributed by atoms with Gasteiger partial charge in [0.2, 0.25) is 0 Å². The van der Waals surface area contributed by atoms with Gasteiger partial charge in [0.25, 0.3) is 0 Å². The highest BCUT2D eigenvalue weighted by atomic mass is 16.5. The van der Waals surface area contributed by atoms with Crippen LogP contribution in [0.5, 0.6) is 11.5 Å². The van der Waals surface area contributed by atoms with Gasteiger partial charge in [0.05, 0.1) is 17.1 Å². The summed E-state index contributed by atoms with van der Waals surface area (Å²) in [5.74, 6) is 1.75. The molecule has 0 spiro atoms. The van der Waals surface area contributed by atoms with Crippen molar-refractivity contribution in [2.24, 2.45) is 0 Å². The van der Waals surface area contributed by atoms with Crippen LogP contribution in [0.15, 0.2) is 182 Å². The fourth-order valence-electron chi connectivity index (χ4n) is 9.82. The van der Waals surface area contributed by atoms with E-state index < -0.39 is 0 Å². The average Bonchev–Trinajstić information content (AvgIpc) is 3.48. The van der Waals surface area contributed by atoms with E-state index in [9.17, 15) is 0 Å². The molecule has 8 aromatic carbocycles. The Bertz CT molecular complexity index is 2890. The predicted octanol–water partition coefficient (Wildman–Crippen LogP) is 15.0. The van der Waals surface area contributed by atoms with Crippen LogP contribution in [0, 0.1) is 0 Å².